The third-order valence-corrected chi connectivity index (χ3v) is 6.48. The standard InChI is InChI=1S/C24H19BrN4S/c25-18-8-10-19(11-9-18)29-15-21(17-5-2-1-3-6-17)22-23(27-16-28-24(22)29)26-13-12-20-7-4-14-30-20/h1-11,14-16H,12-13H2,(H,26,27,28). The van der Waals surface area contributed by atoms with Crippen LogP contribution in [0.4, 0.5) is 5.82 Å². The highest BCUT2D eigenvalue weighted by Gasteiger charge is 2.17. The van der Waals surface area contributed by atoms with Crippen LogP contribution in [0.2, 0.25) is 0 Å². The summed E-state index contributed by atoms with van der Waals surface area (Å²) in [4.78, 5) is 10.6. The quantitative estimate of drug-likeness (QED) is 0.302. The van der Waals surface area contributed by atoms with E-state index in [1.165, 1.54) is 4.88 Å². The molecule has 0 aliphatic rings. The predicted octanol–water partition coefficient (Wildman–Crippen LogP) is 6.57. The van der Waals surface area contributed by atoms with Crippen molar-refractivity contribution in [2.24, 2.45) is 0 Å². The fourth-order valence-corrected chi connectivity index (χ4v) is 4.56. The van der Waals surface area contributed by atoms with E-state index < -0.39 is 0 Å². The first-order valence-corrected chi connectivity index (χ1v) is 11.4. The Morgan fingerprint density at radius 2 is 1.77 bits per heavy atom. The number of nitrogens with zero attached hydrogens (tertiary/aromatic N) is 3. The molecule has 148 valence electrons. The maximum atomic E-state index is 4.65. The number of hydrogen-bond acceptors (Lipinski definition) is 4. The molecule has 0 radical (unpaired) electrons. The van der Waals surface area contributed by atoms with Gasteiger partial charge in [0.1, 0.15) is 12.1 Å². The fourth-order valence-electron chi connectivity index (χ4n) is 3.59. The second-order valence-electron chi connectivity index (χ2n) is 6.93. The molecular formula is C24H19BrN4S. The molecule has 0 fully saturated rings. The highest BCUT2D eigenvalue weighted by Crippen LogP contribution is 2.35. The Hall–Kier alpha value is -2.96. The van der Waals surface area contributed by atoms with Crippen molar-refractivity contribution >= 4 is 44.1 Å². The average Bonchev–Trinajstić information content (AvgIpc) is 3.44. The molecule has 0 amide bonds. The van der Waals surface area contributed by atoms with Crippen molar-refractivity contribution in [2.75, 3.05) is 11.9 Å². The molecule has 5 rings (SSSR count). The topological polar surface area (TPSA) is 42.7 Å². The molecule has 30 heavy (non-hydrogen) atoms. The second kappa shape index (κ2) is 8.42. The number of benzene rings is 2. The minimum absolute atomic E-state index is 0.824. The maximum absolute atomic E-state index is 4.65. The van der Waals surface area contributed by atoms with Gasteiger partial charge in [-0.05, 0) is 47.7 Å². The molecular weight excluding hydrogens is 456 g/mol. The zero-order valence-electron chi connectivity index (χ0n) is 16.1. The molecule has 0 spiro atoms. The van der Waals surface area contributed by atoms with E-state index in [1.807, 2.05) is 18.2 Å². The van der Waals surface area contributed by atoms with Crippen LogP contribution in [0.3, 0.4) is 0 Å². The highest BCUT2D eigenvalue weighted by atomic mass is 79.9. The van der Waals surface area contributed by atoms with E-state index in [0.29, 0.717) is 0 Å². The van der Waals surface area contributed by atoms with Crippen LogP contribution in [-0.4, -0.2) is 21.1 Å². The third-order valence-electron chi connectivity index (χ3n) is 5.02. The second-order valence-corrected chi connectivity index (χ2v) is 8.88. The molecule has 0 bridgehead atoms. The molecule has 3 aromatic heterocycles. The first kappa shape index (κ1) is 19.0. The Balaban J connectivity index is 1.61. The van der Waals surface area contributed by atoms with Crippen molar-refractivity contribution < 1.29 is 0 Å². The Kier molecular flexibility index (Phi) is 5.34. The first-order chi connectivity index (χ1) is 14.8. The number of nitrogens with one attached hydrogen (secondary N) is 1. The van der Waals surface area contributed by atoms with Crippen LogP contribution >= 0.6 is 27.3 Å². The van der Waals surface area contributed by atoms with Gasteiger partial charge in [0.25, 0.3) is 0 Å². The summed E-state index contributed by atoms with van der Waals surface area (Å²) in [5.41, 5.74) is 4.22. The molecule has 6 heteroatoms. The Morgan fingerprint density at radius 1 is 0.933 bits per heavy atom. The first-order valence-electron chi connectivity index (χ1n) is 9.73. The molecule has 2 aromatic carbocycles. The van der Waals surface area contributed by atoms with Crippen LogP contribution in [-0.2, 0) is 6.42 Å². The van der Waals surface area contributed by atoms with E-state index in [4.69, 9.17) is 0 Å². The van der Waals surface area contributed by atoms with Gasteiger partial charge in [0.05, 0.1) is 5.39 Å². The van der Waals surface area contributed by atoms with E-state index >= 15 is 0 Å². The van der Waals surface area contributed by atoms with Crippen LogP contribution in [0.1, 0.15) is 4.88 Å². The Bertz CT molecular complexity index is 1260. The highest BCUT2D eigenvalue weighted by molar-refractivity contribution is 9.10. The SMILES string of the molecule is Brc1ccc(-n2cc(-c3ccccc3)c3c(NCCc4cccs4)ncnc32)cc1. The number of halogens is 1. The van der Waals surface area contributed by atoms with Gasteiger partial charge in [0, 0.05) is 33.3 Å². The lowest BCUT2D eigenvalue weighted by atomic mass is 10.1. The van der Waals surface area contributed by atoms with Gasteiger partial charge in [-0.3, -0.25) is 0 Å². The molecule has 5 aromatic rings. The lowest BCUT2D eigenvalue weighted by Gasteiger charge is -2.08. The number of rotatable bonds is 6. The number of thiophene rings is 1. The van der Waals surface area contributed by atoms with Gasteiger partial charge in [-0.1, -0.05) is 52.3 Å². The molecule has 0 aliphatic carbocycles. The van der Waals surface area contributed by atoms with Crippen molar-refractivity contribution in [3.8, 4) is 16.8 Å². The molecule has 0 saturated heterocycles. The van der Waals surface area contributed by atoms with Gasteiger partial charge in [-0.2, -0.15) is 0 Å². The van der Waals surface area contributed by atoms with E-state index in [1.54, 1.807) is 17.7 Å². The number of hydrogen-bond donors (Lipinski definition) is 1. The summed E-state index contributed by atoms with van der Waals surface area (Å²) in [5.74, 6) is 0.867. The van der Waals surface area contributed by atoms with Crippen LogP contribution in [0.15, 0.2) is 89.1 Å². The largest absolute Gasteiger partial charge is 0.369 e. The number of fused-ring (bicyclic) bond motifs is 1. The predicted molar refractivity (Wildman–Crippen MR) is 129 cm³/mol. The molecule has 0 aliphatic heterocycles. The molecule has 3 heterocycles. The summed E-state index contributed by atoms with van der Waals surface area (Å²) >= 11 is 5.31. The van der Waals surface area contributed by atoms with Crippen LogP contribution in [0.5, 0.6) is 0 Å². The molecule has 0 atom stereocenters. The summed E-state index contributed by atoms with van der Waals surface area (Å²) < 4.78 is 3.19. The monoisotopic (exact) mass is 474 g/mol. The van der Waals surface area contributed by atoms with E-state index in [9.17, 15) is 0 Å². The van der Waals surface area contributed by atoms with Crippen molar-refractivity contribution in [2.45, 2.75) is 6.42 Å². The van der Waals surface area contributed by atoms with Gasteiger partial charge in [-0.25, -0.2) is 9.97 Å². The number of anilines is 1. The lowest BCUT2D eigenvalue weighted by Crippen LogP contribution is -2.06. The zero-order valence-corrected chi connectivity index (χ0v) is 18.5. The smallest absolute Gasteiger partial charge is 0.150 e. The van der Waals surface area contributed by atoms with Crippen LogP contribution in [0, 0.1) is 0 Å². The van der Waals surface area contributed by atoms with E-state index in [-0.39, 0.29) is 0 Å². The van der Waals surface area contributed by atoms with Gasteiger partial charge in [0.15, 0.2) is 5.65 Å². The molecule has 1 N–H and O–H groups in total. The zero-order chi connectivity index (χ0) is 20.3. The third kappa shape index (κ3) is 3.76. The van der Waals surface area contributed by atoms with Gasteiger partial charge in [0.2, 0.25) is 0 Å². The number of aromatic nitrogens is 3. The lowest BCUT2D eigenvalue weighted by molar-refractivity contribution is 1.02. The Labute approximate surface area is 187 Å². The summed E-state index contributed by atoms with van der Waals surface area (Å²) in [6.45, 7) is 0.824. The summed E-state index contributed by atoms with van der Waals surface area (Å²) in [5, 5.41) is 6.70. The van der Waals surface area contributed by atoms with E-state index in [2.05, 4.69) is 95.9 Å². The summed E-state index contributed by atoms with van der Waals surface area (Å²) in [6.07, 6.45) is 4.76. The Morgan fingerprint density at radius 3 is 2.53 bits per heavy atom. The molecule has 4 nitrogen and oxygen atoms in total. The van der Waals surface area contributed by atoms with Gasteiger partial charge < -0.3 is 9.88 Å². The van der Waals surface area contributed by atoms with Crippen molar-refractivity contribution in [3.05, 3.63) is 94.0 Å². The maximum Gasteiger partial charge on any atom is 0.150 e. The average molecular weight is 475 g/mol. The van der Waals surface area contributed by atoms with Crippen molar-refractivity contribution in [3.63, 3.8) is 0 Å². The van der Waals surface area contributed by atoms with Crippen LogP contribution in [0.25, 0.3) is 27.8 Å². The summed E-state index contributed by atoms with van der Waals surface area (Å²) in [6, 6.07) is 22.9. The van der Waals surface area contributed by atoms with Crippen molar-refractivity contribution in [1.82, 2.24) is 14.5 Å². The normalized spacial score (nSPS) is 11.1. The fraction of sp³-hybridized carbons (Fsp3) is 0.0833. The van der Waals surface area contributed by atoms with E-state index in [0.717, 1.165) is 51.1 Å². The van der Waals surface area contributed by atoms with Crippen LogP contribution < -0.4 is 5.32 Å². The van der Waals surface area contributed by atoms with Gasteiger partial charge >= 0.3 is 0 Å². The molecule has 0 saturated carbocycles. The van der Waals surface area contributed by atoms with Gasteiger partial charge in [-0.15, -0.1) is 11.3 Å². The van der Waals surface area contributed by atoms with Crippen molar-refractivity contribution in [1.29, 1.82) is 0 Å². The minimum Gasteiger partial charge on any atom is -0.369 e. The minimum atomic E-state index is 0.824. The molecule has 0 unspecified atom stereocenters. The summed E-state index contributed by atoms with van der Waals surface area (Å²) in [7, 11) is 0.